The number of morpholine rings is 1. The summed E-state index contributed by atoms with van der Waals surface area (Å²) in [6.45, 7) is 3.52. The second-order valence-electron chi connectivity index (χ2n) is 5.74. The molecule has 1 N–H and O–H groups in total. The number of halogens is 2. The molecule has 0 unspecified atom stereocenters. The Balaban J connectivity index is 1.57. The quantitative estimate of drug-likeness (QED) is 0.866. The van der Waals surface area contributed by atoms with E-state index in [-0.39, 0.29) is 5.91 Å². The Hall–Kier alpha value is -1.82. The minimum atomic E-state index is -0.194. The van der Waals surface area contributed by atoms with E-state index in [2.05, 4.69) is 15.2 Å². The number of hydrogen-bond donors (Lipinski definition) is 1. The zero-order chi connectivity index (χ0) is 17.6. The third-order valence-electron chi connectivity index (χ3n) is 4.05. The average molecular weight is 380 g/mol. The van der Waals surface area contributed by atoms with E-state index >= 15 is 0 Å². The molecule has 0 radical (unpaired) electrons. The van der Waals surface area contributed by atoms with Crippen LogP contribution in [0.2, 0.25) is 10.0 Å². The smallest absolute Gasteiger partial charge is 0.269 e. The van der Waals surface area contributed by atoms with Crippen molar-refractivity contribution in [1.82, 2.24) is 10.3 Å². The first-order valence-electron chi connectivity index (χ1n) is 8.14. The zero-order valence-corrected chi connectivity index (χ0v) is 15.2. The van der Waals surface area contributed by atoms with Crippen LogP contribution in [-0.2, 0) is 11.2 Å². The van der Waals surface area contributed by atoms with E-state index in [9.17, 15) is 4.79 Å². The van der Waals surface area contributed by atoms with Crippen LogP contribution in [0.3, 0.4) is 0 Å². The van der Waals surface area contributed by atoms with E-state index in [1.54, 1.807) is 18.3 Å². The van der Waals surface area contributed by atoms with Crippen LogP contribution in [0, 0.1) is 0 Å². The highest BCUT2D eigenvalue weighted by atomic mass is 35.5. The molecule has 0 saturated carbocycles. The van der Waals surface area contributed by atoms with E-state index in [4.69, 9.17) is 27.9 Å². The van der Waals surface area contributed by atoms with Gasteiger partial charge in [-0.15, -0.1) is 0 Å². The first-order valence-corrected chi connectivity index (χ1v) is 8.90. The molecule has 132 valence electrons. The van der Waals surface area contributed by atoms with Gasteiger partial charge >= 0.3 is 0 Å². The SMILES string of the molecule is O=C(NCCc1ccc(Cl)cc1Cl)c1cc(N2CCOCC2)ccn1. The summed E-state index contributed by atoms with van der Waals surface area (Å²) >= 11 is 12.0. The van der Waals surface area contributed by atoms with Gasteiger partial charge in [-0.25, -0.2) is 0 Å². The fourth-order valence-corrected chi connectivity index (χ4v) is 3.19. The van der Waals surface area contributed by atoms with Gasteiger partial charge in [0.15, 0.2) is 0 Å². The number of pyridine rings is 1. The predicted octanol–water partition coefficient (Wildman–Crippen LogP) is 3.20. The molecule has 1 saturated heterocycles. The molecule has 1 aromatic carbocycles. The molecule has 3 rings (SSSR count). The lowest BCUT2D eigenvalue weighted by molar-refractivity contribution is 0.0949. The number of carbonyl (C=O) groups is 1. The highest BCUT2D eigenvalue weighted by Crippen LogP contribution is 2.21. The van der Waals surface area contributed by atoms with Gasteiger partial charge in [-0.3, -0.25) is 9.78 Å². The number of aromatic nitrogens is 1. The molecule has 0 aliphatic carbocycles. The standard InChI is InChI=1S/C18H19Cl2N3O2/c19-14-2-1-13(16(20)11-14)3-5-22-18(24)17-12-15(4-6-21-17)23-7-9-25-10-8-23/h1-2,4,6,11-12H,3,5,7-10H2,(H,22,24). The van der Waals surface area contributed by atoms with Crippen molar-refractivity contribution in [3.05, 3.63) is 57.8 Å². The molecule has 1 aliphatic heterocycles. The van der Waals surface area contributed by atoms with Crippen molar-refractivity contribution in [3.63, 3.8) is 0 Å². The van der Waals surface area contributed by atoms with Gasteiger partial charge in [-0.1, -0.05) is 29.3 Å². The molecule has 1 fully saturated rings. The van der Waals surface area contributed by atoms with Crippen LogP contribution in [0.4, 0.5) is 5.69 Å². The number of anilines is 1. The summed E-state index contributed by atoms with van der Waals surface area (Å²) in [6, 6.07) is 9.09. The predicted molar refractivity (Wildman–Crippen MR) is 99.8 cm³/mol. The Kier molecular flexibility index (Phi) is 6.13. The summed E-state index contributed by atoms with van der Waals surface area (Å²) in [4.78, 5) is 18.7. The molecule has 1 aromatic heterocycles. The van der Waals surface area contributed by atoms with Crippen molar-refractivity contribution < 1.29 is 9.53 Å². The monoisotopic (exact) mass is 379 g/mol. The van der Waals surface area contributed by atoms with Crippen molar-refractivity contribution in [3.8, 4) is 0 Å². The maximum absolute atomic E-state index is 12.3. The topological polar surface area (TPSA) is 54.5 Å². The minimum absolute atomic E-state index is 0.194. The van der Waals surface area contributed by atoms with Gasteiger partial charge in [0.2, 0.25) is 0 Å². The summed E-state index contributed by atoms with van der Waals surface area (Å²) in [5, 5.41) is 4.09. The van der Waals surface area contributed by atoms with Crippen LogP contribution in [0.25, 0.3) is 0 Å². The van der Waals surface area contributed by atoms with Gasteiger partial charge in [0.1, 0.15) is 5.69 Å². The van der Waals surface area contributed by atoms with Crippen molar-refractivity contribution in [2.75, 3.05) is 37.7 Å². The Bertz CT molecular complexity index is 749. The van der Waals surface area contributed by atoms with Crippen LogP contribution < -0.4 is 10.2 Å². The fraction of sp³-hybridized carbons (Fsp3) is 0.333. The summed E-state index contributed by atoms with van der Waals surface area (Å²) < 4.78 is 5.36. The lowest BCUT2D eigenvalue weighted by Crippen LogP contribution is -2.36. The minimum Gasteiger partial charge on any atom is -0.378 e. The molecule has 0 spiro atoms. The Morgan fingerprint density at radius 2 is 2.00 bits per heavy atom. The molecule has 5 nitrogen and oxygen atoms in total. The highest BCUT2D eigenvalue weighted by molar-refractivity contribution is 6.35. The van der Waals surface area contributed by atoms with Crippen molar-refractivity contribution in [1.29, 1.82) is 0 Å². The second kappa shape index (κ2) is 8.52. The molecule has 7 heteroatoms. The third-order valence-corrected chi connectivity index (χ3v) is 4.63. The molecular weight excluding hydrogens is 361 g/mol. The third kappa shape index (κ3) is 4.84. The Morgan fingerprint density at radius 1 is 1.20 bits per heavy atom. The summed E-state index contributed by atoms with van der Waals surface area (Å²) in [5.41, 5.74) is 2.34. The molecule has 1 amide bonds. The molecule has 1 aliphatic rings. The number of rotatable bonds is 5. The molecule has 2 heterocycles. The van der Waals surface area contributed by atoms with Crippen LogP contribution in [0.15, 0.2) is 36.5 Å². The lowest BCUT2D eigenvalue weighted by atomic mass is 10.1. The van der Waals surface area contributed by atoms with E-state index in [1.165, 1.54) is 0 Å². The Labute approximate surface area is 156 Å². The maximum atomic E-state index is 12.3. The molecular formula is C18H19Cl2N3O2. The number of carbonyl (C=O) groups excluding carboxylic acids is 1. The molecule has 0 bridgehead atoms. The number of benzene rings is 1. The molecule has 2 aromatic rings. The van der Waals surface area contributed by atoms with Gasteiger partial charge in [0.25, 0.3) is 5.91 Å². The van der Waals surface area contributed by atoms with Gasteiger partial charge in [-0.05, 0) is 36.2 Å². The van der Waals surface area contributed by atoms with E-state index in [0.717, 1.165) is 24.3 Å². The Morgan fingerprint density at radius 3 is 2.76 bits per heavy atom. The van der Waals surface area contributed by atoms with Crippen LogP contribution in [0.5, 0.6) is 0 Å². The highest BCUT2D eigenvalue weighted by Gasteiger charge is 2.14. The van der Waals surface area contributed by atoms with E-state index in [1.807, 2.05) is 18.2 Å². The van der Waals surface area contributed by atoms with Crippen LogP contribution in [0.1, 0.15) is 16.1 Å². The van der Waals surface area contributed by atoms with Crippen molar-refractivity contribution in [2.24, 2.45) is 0 Å². The van der Waals surface area contributed by atoms with Crippen LogP contribution in [-0.4, -0.2) is 43.7 Å². The number of ether oxygens (including phenoxy) is 1. The average Bonchev–Trinajstić information content (AvgIpc) is 2.64. The first-order chi connectivity index (χ1) is 12.1. The number of nitrogens with zero attached hydrogens (tertiary/aromatic N) is 2. The normalized spacial score (nSPS) is 14.4. The van der Waals surface area contributed by atoms with E-state index in [0.29, 0.717) is 41.9 Å². The van der Waals surface area contributed by atoms with Gasteiger partial charge in [-0.2, -0.15) is 0 Å². The summed E-state index contributed by atoms with van der Waals surface area (Å²) in [5.74, 6) is -0.194. The molecule has 0 atom stereocenters. The zero-order valence-electron chi connectivity index (χ0n) is 13.7. The second-order valence-corrected chi connectivity index (χ2v) is 6.58. The summed E-state index contributed by atoms with van der Waals surface area (Å²) in [7, 11) is 0. The largest absolute Gasteiger partial charge is 0.378 e. The lowest BCUT2D eigenvalue weighted by Gasteiger charge is -2.28. The maximum Gasteiger partial charge on any atom is 0.269 e. The summed E-state index contributed by atoms with van der Waals surface area (Å²) in [6.07, 6.45) is 2.29. The van der Waals surface area contributed by atoms with Crippen LogP contribution >= 0.6 is 23.2 Å². The van der Waals surface area contributed by atoms with E-state index < -0.39 is 0 Å². The van der Waals surface area contributed by atoms with Gasteiger partial charge in [0, 0.05) is 41.6 Å². The first kappa shape index (κ1) is 18.0. The number of amides is 1. The van der Waals surface area contributed by atoms with Gasteiger partial charge < -0.3 is 15.0 Å². The number of nitrogens with one attached hydrogen (secondary N) is 1. The van der Waals surface area contributed by atoms with Crippen molar-refractivity contribution >= 4 is 34.8 Å². The van der Waals surface area contributed by atoms with Gasteiger partial charge in [0.05, 0.1) is 13.2 Å². The van der Waals surface area contributed by atoms with Crippen molar-refractivity contribution in [2.45, 2.75) is 6.42 Å². The molecule has 25 heavy (non-hydrogen) atoms. The fourth-order valence-electron chi connectivity index (χ4n) is 2.69. The number of hydrogen-bond acceptors (Lipinski definition) is 4.